The van der Waals surface area contributed by atoms with E-state index in [4.69, 9.17) is 4.74 Å². The van der Waals surface area contributed by atoms with E-state index in [2.05, 4.69) is 16.0 Å². The third-order valence-electron chi connectivity index (χ3n) is 6.02. The number of ether oxygens (including phenoxy) is 1. The van der Waals surface area contributed by atoms with Crippen molar-refractivity contribution in [2.75, 3.05) is 18.4 Å². The van der Waals surface area contributed by atoms with Gasteiger partial charge in [-0.3, -0.25) is 34.7 Å². The first-order chi connectivity index (χ1) is 16.4. The summed E-state index contributed by atoms with van der Waals surface area (Å²) in [7, 11) is 0. The lowest BCUT2D eigenvalue weighted by Crippen LogP contribution is -2.54. The van der Waals surface area contributed by atoms with Gasteiger partial charge in [-0.1, -0.05) is 36.4 Å². The van der Waals surface area contributed by atoms with Gasteiger partial charge in [0.25, 0.3) is 11.8 Å². The monoisotopic (exact) mass is 464 g/mol. The molecule has 1 saturated heterocycles. The maximum atomic E-state index is 13.2. The van der Waals surface area contributed by atoms with Crippen LogP contribution in [0.15, 0.2) is 42.5 Å². The Morgan fingerprint density at radius 3 is 2.56 bits per heavy atom. The zero-order chi connectivity index (χ0) is 24.2. The fourth-order valence-corrected chi connectivity index (χ4v) is 4.21. The van der Waals surface area contributed by atoms with E-state index in [1.54, 1.807) is 12.1 Å². The van der Waals surface area contributed by atoms with Crippen LogP contribution in [-0.2, 0) is 20.9 Å². The zero-order valence-corrected chi connectivity index (χ0v) is 19.2. The van der Waals surface area contributed by atoms with Gasteiger partial charge in [-0.2, -0.15) is 0 Å². The molecule has 2 atom stereocenters. The molecule has 178 valence electrons. The van der Waals surface area contributed by atoms with Gasteiger partial charge >= 0.3 is 0 Å². The molecule has 2 aliphatic heterocycles. The van der Waals surface area contributed by atoms with Crippen LogP contribution in [0.25, 0.3) is 0 Å². The van der Waals surface area contributed by atoms with E-state index in [-0.39, 0.29) is 30.2 Å². The highest BCUT2D eigenvalue weighted by Gasteiger charge is 2.45. The fourth-order valence-electron chi connectivity index (χ4n) is 4.21. The number of carbonyl (C=O) groups excluding carboxylic acids is 4. The molecule has 0 radical (unpaired) electrons. The molecule has 2 aliphatic rings. The second-order valence-electron chi connectivity index (χ2n) is 8.45. The van der Waals surface area contributed by atoms with Crippen molar-refractivity contribution >= 4 is 29.3 Å². The van der Waals surface area contributed by atoms with Crippen molar-refractivity contribution in [3.05, 3.63) is 64.7 Å². The summed E-state index contributed by atoms with van der Waals surface area (Å²) in [6, 6.07) is 12.3. The number of imide groups is 2. The highest BCUT2D eigenvalue weighted by atomic mass is 16.5. The lowest BCUT2D eigenvalue weighted by Gasteiger charge is -2.27. The molecule has 2 heterocycles. The van der Waals surface area contributed by atoms with E-state index in [0.29, 0.717) is 25.4 Å². The van der Waals surface area contributed by atoms with Crippen LogP contribution in [0, 0.1) is 6.92 Å². The first-order valence-corrected chi connectivity index (χ1v) is 11.3. The summed E-state index contributed by atoms with van der Waals surface area (Å²) in [4.78, 5) is 51.0. The molecule has 4 amide bonds. The smallest absolute Gasteiger partial charge is 0.264 e. The van der Waals surface area contributed by atoms with E-state index < -0.39 is 29.7 Å². The topological polar surface area (TPSA) is 117 Å². The van der Waals surface area contributed by atoms with Gasteiger partial charge in [-0.15, -0.1) is 0 Å². The number of nitrogens with one attached hydrogen (secondary N) is 3. The van der Waals surface area contributed by atoms with E-state index in [1.807, 2.05) is 44.2 Å². The van der Waals surface area contributed by atoms with Crippen molar-refractivity contribution in [2.24, 2.45) is 0 Å². The average molecular weight is 465 g/mol. The third kappa shape index (κ3) is 4.85. The first-order valence-electron chi connectivity index (χ1n) is 11.3. The molecule has 0 bridgehead atoms. The first kappa shape index (κ1) is 23.6. The minimum atomic E-state index is -0.984. The fraction of sp³-hybridized carbons (Fsp3) is 0.360. The molecule has 4 rings (SSSR count). The zero-order valence-electron chi connectivity index (χ0n) is 19.2. The summed E-state index contributed by atoms with van der Waals surface area (Å²) in [6.07, 6.45) is 0.0446. The molecule has 0 aromatic heterocycles. The van der Waals surface area contributed by atoms with Crippen LogP contribution in [0.4, 0.5) is 5.69 Å². The number of anilines is 1. The highest BCUT2D eigenvalue weighted by Crippen LogP contribution is 2.34. The number of benzene rings is 2. The molecular formula is C25H28N4O5. The summed E-state index contributed by atoms with van der Waals surface area (Å²) in [5, 5.41) is 8.75. The molecule has 3 N–H and O–H groups in total. The Bertz CT molecular complexity index is 1120. The van der Waals surface area contributed by atoms with Crippen LogP contribution in [0.5, 0.6) is 0 Å². The minimum Gasteiger partial charge on any atom is -0.383 e. The number of piperidine rings is 1. The largest absolute Gasteiger partial charge is 0.383 e. The number of amides is 4. The van der Waals surface area contributed by atoms with Gasteiger partial charge in [-0.25, -0.2) is 0 Å². The Balaban J connectivity index is 1.37. The molecule has 2 aromatic rings. The van der Waals surface area contributed by atoms with E-state index in [1.165, 1.54) is 0 Å². The third-order valence-corrected chi connectivity index (χ3v) is 6.02. The summed E-state index contributed by atoms with van der Waals surface area (Å²) in [5.41, 5.74) is 3.01. The second kappa shape index (κ2) is 10.1. The Morgan fingerprint density at radius 1 is 1.06 bits per heavy atom. The number of fused-ring (bicyclic) bond motifs is 1. The Morgan fingerprint density at radius 2 is 1.82 bits per heavy atom. The van der Waals surface area contributed by atoms with Crippen LogP contribution < -0.4 is 16.0 Å². The number of carbonyl (C=O) groups is 4. The number of nitrogens with zero attached hydrogens (tertiary/aromatic N) is 1. The second-order valence-corrected chi connectivity index (χ2v) is 8.45. The van der Waals surface area contributed by atoms with Gasteiger partial charge in [0, 0.05) is 19.5 Å². The van der Waals surface area contributed by atoms with Crippen LogP contribution in [-0.4, -0.2) is 53.9 Å². The normalized spacial score (nSPS) is 18.6. The van der Waals surface area contributed by atoms with Crippen LogP contribution in [0.1, 0.15) is 51.6 Å². The quantitative estimate of drug-likeness (QED) is 0.295. The van der Waals surface area contributed by atoms with Crippen LogP contribution >= 0.6 is 0 Å². The molecule has 0 saturated carbocycles. The summed E-state index contributed by atoms with van der Waals surface area (Å²) in [6.45, 7) is 5.34. The maximum absolute atomic E-state index is 13.2. The van der Waals surface area contributed by atoms with E-state index in [9.17, 15) is 19.2 Å². The van der Waals surface area contributed by atoms with E-state index >= 15 is 0 Å². The van der Waals surface area contributed by atoms with Gasteiger partial charge in [0.1, 0.15) is 12.3 Å². The van der Waals surface area contributed by atoms with Gasteiger partial charge < -0.3 is 10.1 Å². The van der Waals surface area contributed by atoms with Crippen molar-refractivity contribution < 1.29 is 23.9 Å². The number of rotatable bonds is 9. The van der Waals surface area contributed by atoms with Gasteiger partial charge in [-0.05, 0) is 37.5 Å². The molecule has 9 heteroatoms. The SMILES string of the molecule is Cc1ccc2c(c1NCCNC(C)OCc1ccccc1)C(=O)N(C1CCC(=O)NC1=O)C2=O. The number of hydrogen-bond donors (Lipinski definition) is 3. The lowest BCUT2D eigenvalue weighted by atomic mass is 10.0. The molecule has 9 nitrogen and oxygen atoms in total. The van der Waals surface area contributed by atoms with Crippen LogP contribution in [0.3, 0.4) is 0 Å². The molecule has 2 aromatic carbocycles. The molecule has 0 aliphatic carbocycles. The predicted octanol–water partition coefficient (Wildman–Crippen LogP) is 1.96. The predicted molar refractivity (Wildman–Crippen MR) is 125 cm³/mol. The lowest BCUT2D eigenvalue weighted by molar-refractivity contribution is -0.136. The average Bonchev–Trinajstić information content (AvgIpc) is 3.07. The van der Waals surface area contributed by atoms with Crippen LogP contribution in [0.2, 0.25) is 0 Å². The van der Waals surface area contributed by atoms with Crippen molar-refractivity contribution in [3.63, 3.8) is 0 Å². The maximum Gasteiger partial charge on any atom is 0.264 e. The molecular weight excluding hydrogens is 436 g/mol. The van der Waals surface area contributed by atoms with Crippen molar-refractivity contribution in [1.82, 2.24) is 15.5 Å². The van der Waals surface area contributed by atoms with Gasteiger partial charge in [0.15, 0.2) is 0 Å². The Hall–Kier alpha value is -3.56. The Kier molecular flexibility index (Phi) is 7.04. The number of aryl methyl sites for hydroxylation is 1. The number of hydrogen-bond acceptors (Lipinski definition) is 7. The minimum absolute atomic E-state index is 0.0874. The molecule has 2 unspecified atom stereocenters. The van der Waals surface area contributed by atoms with Gasteiger partial charge in [0.2, 0.25) is 11.8 Å². The standard InChI is InChI=1S/C25H28N4O5/c1-15-8-9-18-21(25(33)29(24(18)32)19-10-11-20(30)28-23(19)31)22(15)27-13-12-26-16(2)34-14-17-6-4-3-5-7-17/h3-9,16,19,26-27H,10-14H2,1-2H3,(H,28,30,31). The summed E-state index contributed by atoms with van der Waals surface area (Å²) in [5.74, 6) is -2.05. The Labute approximate surface area is 197 Å². The van der Waals surface area contributed by atoms with Gasteiger partial charge in [0.05, 0.1) is 23.4 Å². The molecule has 0 spiro atoms. The highest BCUT2D eigenvalue weighted by molar-refractivity contribution is 6.25. The van der Waals surface area contributed by atoms with Crippen molar-refractivity contribution in [3.8, 4) is 0 Å². The summed E-state index contributed by atoms with van der Waals surface area (Å²) >= 11 is 0. The van der Waals surface area contributed by atoms with Crippen molar-refractivity contribution in [1.29, 1.82) is 0 Å². The summed E-state index contributed by atoms with van der Waals surface area (Å²) < 4.78 is 5.80. The van der Waals surface area contributed by atoms with Crippen molar-refractivity contribution in [2.45, 2.75) is 45.6 Å². The van der Waals surface area contributed by atoms with E-state index in [0.717, 1.165) is 16.0 Å². The molecule has 1 fully saturated rings. The molecule has 34 heavy (non-hydrogen) atoms.